The fraction of sp³-hybridized carbons (Fsp3) is 0.533. The second-order valence-electron chi connectivity index (χ2n) is 5.78. The van der Waals surface area contributed by atoms with Crippen LogP contribution in [0.4, 0.5) is 4.79 Å². The van der Waals surface area contributed by atoms with Crippen molar-refractivity contribution in [3.8, 4) is 5.88 Å². The zero-order valence-electron chi connectivity index (χ0n) is 13.9. The number of methoxy groups -OCH3 is 1. The van der Waals surface area contributed by atoms with Crippen molar-refractivity contribution in [2.24, 2.45) is 0 Å². The number of halogens is 1. The van der Waals surface area contributed by atoms with Gasteiger partial charge in [-0.05, 0) is 26.8 Å². The van der Waals surface area contributed by atoms with Crippen LogP contribution in [0.2, 0.25) is 0 Å². The molecule has 1 aromatic rings. The highest BCUT2D eigenvalue weighted by atomic mass is 35.5. The van der Waals surface area contributed by atoms with Crippen LogP contribution >= 0.6 is 11.6 Å². The van der Waals surface area contributed by atoms with E-state index in [2.05, 4.69) is 15.0 Å². The average Bonchev–Trinajstić information content (AvgIpc) is 2.50. The summed E-state index contributed by atoms with van der Waals surface area (Å²) < 4.78 is 14.7. The quantitative estimate of drug-likeness (QED) is 0.587. The summed E-state index contributed by atoms with van der Waals surface area (Å²) >= 11 is 5.38. The summed E-state index contributed by atoms with van der Waals surface area (Å²) in [6.07, 6.45) is -0.965. The number of esters is 1. The normalized spacial score (nSPS) is 13.6. The van der Waals surface area contributed by atoms with E-state index in [1.165, 1.54) is 25.4 Å². The number of alkyl halides is 1. The molecule has 9 heteroatoms. The van der Waals surface area contributed by atoms with Crippen LogP contribution in [0, 0.1) is 0 Å². The lowest BCUT2D eigenvalue weighted by atomic mass is 10.0. The number of aliphatic hydroxyl groups is 1. The second-order valence-corrected chi connectivity index (χ2v) is 5.99. The molecule has 0 radical (unpaired) electrons. The summed E-state index contributed by atoms with van der Waals surface area (Å²) in [5.41, 5.74) is -0.485. The molecule has 0 bridgehead atoms. The third kappa shape index (κ3) is 6.21. The lowest BCUT2D eigenvalue weighted by Crippen LogP contribution is -2.47. The molecule has 1 aromatic heterocycles. The Morgan fingerprint density at radius 3 is 2.50 bits per heavy atom. The fourth-order valence-electron chi connectivity index (χ4n) is 1.72. The minimum atomic E-state index is -1.41. The Hall–Kier alpha value is -2.06. The summed E-state index contributed by atoms with van der Waals surface area (Å²) in [5, 5.41) is 12.7. The van der Waals surface area contributed by atoms with E-state index < -0.39 is 35.9 Å². The number of nitrogens with zero attached hydrogens (tertiary/aromatic N) is 1. The Balaban J connectivity index is 2.94. The van der Waals surface area contributed by atoms with Crippen molar-refractivity contribution in [1.29, 1.82) is 0 Å². The number of hydrogen-bond acceptors (Lipinski definition) is 7. The van der Waals surface area contributed by atoms with Crippen molar-refractivity contribution in [3.05, 3.63) is 23.9 Å². The first kappa shape index (κ1) is 20.0. The van der Waals surface area contributed by atoms with Crippen molar-refractivity contribution in [3.63, 3.8) is 0 Å². The number of aliphatic hydroxyl groups excluding tert-OH is 1. The number of amides is 1. The van der Waals surface area contributed by atoms with Crippen LogP contribution in [0.1, 0.15) is 32.4 Å². The predicted octanol–water partition coefficient (Wildman–Crippen LogP) is 1.76. The summed E-state index contributed by atoms with van der Waals surface area (Å²) in [7, 11) is 1.45. The smallest absolute Gasteiger partial charge is 0.408 e. The van der Waals surface area contributed by atoms with Gasteiger partial charge in [0.25, 0.3) is 0 Å². The Morgan fingerprint density at radius 1 is 1.38 bits per heavy atom. The molecule has 0 aliphatic rings. The van der Waals surface area contributed by atoms with Gasteiger partial charge >= 0.3 is 12.1 Å². The monoisotopic (exact) mass is 360 g/mol. The highest BCUT2D eigenvalue weighted by Crippen LogP contribution is 2.20. The zero-order valence-corrected chi connectivity index (χ0v) is 14.7. The number of carbonyl (C=O) groups is 2. The van der Waals surface area contributed by atoms with Crippen molar-refractivity contribution < 1.29 is 28.9 Å². The molecular weight excluding hydrogens is 340 g/mol. The van der Waals surface area contributed by atoms with Gasteiger partial charge in [0.2, 0.25) is 5.88 Å². The van der Waals surface area contributed by atoms with E-state index in [9.17, 15) is 14.7 Å². The molecule has 2 atom stereocenters. The van der Waals surface area contributed by atoms with Gasteiger partial charge in [-0.3, -0.25) is 0 Å². The lowest BCUT2D eigenvalue weighted by molar-refractivity contribution is -0.147. The zero-order chi connectivity index (χ0) is 18.3. The Bertz CT molecular complexity index is 558. The predicted molar refractivity (Wildman–Crippen MR) is 85.7 cm³/mol. The molecule has 1 heterocycles. The average molecular weight is 361 g/mol. The van der Waals surface area contributed by atoms with Gasteiger partial charge in [-0.1, -0.05) is 11.6 Å². The van der Waals surface area contributed by atoms with Crippen LogP contribution in [0.5, 0.6) is 5.88 Å². The van der Waals surface area contributed by atoms with E-state index in [1.54, 1.807) is 20.8 Å². The van der Waals surface area contributed by atoms with Crippen molar-refractivity contribution in [2.75, 3.05) is 13.2 Å². The van der Waals surface area contributed by atoms with E-state index in [4.69, 9.17) is 21.1 Å². The highest BCUT2D eigenvalue weighted by Gasteiger charge is 2.33. The number of hydrogen-bond donors (Lipinski definition) is 2. The molecule has 1 amide bonds. The lowest BCUT2D eigenvalue weighted by Gasteiger charge is -2.25. The molecule has 0 saturated heterocycles. The summed E-state index contributed by atoms with van der Waals surface area (Å²) in [5.74, 6) is -0.565. The molecule has 0 spiro atoms. The van der Waals surface area contributed by atoms with Crippen LogP contribution < -0.4 is 10.1 Å². The maximum absolute atomic E-state index is 12.0. The van der Waals surface area contributed by atoms with Gasteiger partial charge in [0.15, 0.2) is 12.1 Å². The molecule has 2 unspecified atom stereocenters. The van der Waals surface area contributed by atoms with Gasteiger partial charge < -0.3 is 24.6 Å². The van der Waals surface area contributed by atoms with Crippen LogP contribution in [-0.4, -0.2) is 47.0 Å². The molecule has 0 saturated carbocycles. The highest BCUT2D eigenvalue weighted by molar-refractivity contribution is 6.17. The molecule has 0 fully saturated rings. The number of alkyl carbamates (subject to hydrolysis) is 1. The van der Waals surface area contributed by atoms with Crippen LogP contribution in [-0.2, 0) is 14.3 Å². The van der Waals surface area contributed by atoms with E-state index in [0.717, 1.165) is 0 Å². The van der Waals surface area contributed by atoms with Gasteiger partial charge in [-0.25, -0.2) is 14.6 Å². The molecule has 0 aliphatic carbocycles. The Morgan fingerprint density at radius 2 is 2.04 bits per heavy atom. The number of pyridine rings is 1. The number of aromatic nitrogens is 1. The minimum Gasteiger partial charge on any atom is -0.481 e. The number of nitrogens with one attached hydrogen (secondary N) is 1. The van der Waals surface area contributed by atoms with Gasteiger partial charge in [-0.15, -0.1) is 0 Å². The van der Waals surface area contributed by atoms with Crippen LogP contribution in [0.15, 0.2) is 18.3 Å². The first-order valence-corrected chi connectivity index (χ1v) is 7.61. The maximum atomic E-state index is 12.0. The summed E-state index contributed by atoms with van der Waals surface area (Å²) in [4.78, 5) is 27.8. The van der Waals surface area contributed by atoms with E-state index in [0.29, 0.717) is 5.88 Å². The standard InChI is InChI=1S/C15H21ClN2O6/c1-15(2,3)24-14(21)18-11(13(20)23-8-16)12(19)9-5-6-10(22-4)17-7-9/h5-7,11-12,19H,8H2,1-4H3,(H,18,21). The SMILES string of the molecule is COc1ccc(C(O)C(NC(=O)OC(C)(C)C)C(=O)OCCl)cn1. The van der Waals surface area contributed by atoms with Crippen molar-refractivity contribution >= 4 is 23.7 Å². The van der Waals surface area contributed by atoms with Crippen LogP contribution in [0.3, 0.4) is 0 Å². The van der Waals surface area contributed by atoms with E-state index >= 15 is 0 Å². The van der Waals surface area contributed by atoms with Crippen molar-refractivity contribution in [2.45, 2.75) is 38.5 Å². The first-order valence-electron chi connectivity index (χ1n) is 7.08. The first-order chi connectivity index (χ1) is 11.2. The maximum Gasteiger partial charge on any atom is 0.408 e. The Labute approximate surface area is 145 Å². The molecular formula is C15H21ClN2O6. The molecule has 1 rings (SSSR count). The van der Waals surface area contributed by atoms with Gasteiger partial charge in [0.05, 0.1) is 7.11 Å². The number of carbonyl (C=O) groups excluding carboxylic acids is 2. The summed E-state index contributed by atoms with van der Waals surface area (Å²) in [6, 6.07) is 1.19. The third-order valence-electron chi connectivity index (χ3n) is 2.75. The summed E-state index contributed by atoms with van der Waals surface area (Å²) in [6.45, 7) is 5.01. The molecule has 8 nitrogen and oxygen atoms in total. The molecule has 0 aliphatic heterocycles. The topological polar surface area (TPSA) is 107 Å². The van der Waals surface area contributed by atoms with E-state index in [-0.39, 0.29) is 5.56 Å². The van der Waals surface area contributed by atoms with Crippen molar-refractivity contribution in [1.82, 2.24) is 10.3 Å². The second kappa shape index (κ2) is 8.70. The van der Waals surface area contributed by atoms with E-state index in [1.807, 2.05) is 0 Å². The molecule has 2 N–H and O–H groups in total. The van der Waals surface area contributed by atoms with Crippen LogP contribution in [0.25, 0.3) is 0 Å². The third-order valence-corrected chi connectivity index (χ3v) is 2.86. The fourth-order valence-corrected chi connectivity index (χ4v) is 1.83. The number of ether oxygens (including phenoxy) is 3. The van der Waals surface area contributed by atoms with Gasteiger partial charge in [0, 0.05) is 17.8 Å². The molecule has 24 heavy (non-hydrogen) atoms. The molecule has 0 aromatic carbocycles. The number of rotatable bonds is 6. The molecule has 134 valence electrons. The minimum absolute atomic E-state index is 0.281. The van der Waals surface area contributed by atoms with Gasteiger partial charge in [-0.2, -0.15) is 0 Å². The largest absolute Gasteiger partial charge is 0.481 e. The van der Waals surface area contributed by atoms with Gasteiger partial charge in [0.1, 0.15) is 11.7 Å². The Kier molecular flexibility index (Phi) is 7.24.